The SMILES string of the molecule is c1ccc2c(-n3c4ccccc4c4ccc5ccccc5c43)c3c4ccccc4n(-c4nc(-c5cccc6sc7ccccc7c56)nc5ccccc45)c3cc2c1. The van der Waals surface area contributed by atoms with Gasteiger partial charge in [0, 0.05) is 63.4 Å². The van der Waals surface area contributed by atoms with Gasteiger partial charge in [-0.25, -0.2) is 9.97 Å². The topological polar surface area (TPSA) is 35.6 Å². The summed E-state index contributed by atoms with van der Waals surface area (Å²) < 4.78 is 7.44. The van der Waals surface area contributed by atoms with E-state index < -0.39 is 0 Å². The van der Waals surface area contributed by atoms with Crippen molar-refractivity contribution >= 4 is 108 Å². The normalized spacial score (nSPS) is 12.2. The molecule has 57 heavy (non-hydrogen) atoms. The smallest absolute Gasteiger partial charge is 0.162 e. The summed E-state index contributed by atoms with van der Waals surface area (Å²) in [6, 6.07) is 65.9. The molecule has 13 rings (SSSR count). The Hall–Kier alpha value is -7.34. The van der Waals surface area contributed by atoms with E-state index >= 15 is 0 Å². The van der Waals surface area contributed by atoms with Gasteiger partial charge in [-0.05, 0) is 53.2 Å². The first kappa shape index (κ1) is 30.9. The zero-order chi connectivity index (χ0) is 37.2. The Morgan fingerprint density at radius 1 is 0.386 bits per heavy atom. The molecule has 264 valence electrons. The first-order chi connectivity index (χ1) is 28.3. The van der Waals surface area contributed by atoms with Gasteiger partial charge in [-0.15, -0.1) is 11.3 Å². The monoisotopic (exact) mass is 742 g/mol. The Morgan fingerprint density at radius 2 is 1.04 bits per heavy atom. The standard InChI is InChI=1S/C52H30N4S/c1-3-16-33-31(14-1)28-29-36-35-18-6-10-24-42(35)56(49(33)36)50-34-17-4-2-15-32(34)30-44-48(50)38-20-7-11-25-43(38)55(44)52-37-19-5-9-23-41(37)53-51(54-52)40-22-13-27-46-47(40)39-21-8-12-26-45(39)57-46/h1-30H. The van der Waals surface area contributed by atoms with E-state index in [4.69, 9.17) is 9.97 Å². The summed E-state index contributed by atoms with van der Waals surface area (Å²) in [7, 11) is 0. The highest BCUT2D eigenvalue weighted by molar-refractivity contribution is 7.25. The van der Waals surface area contributed by atoms with Crippen molar-refractivity contribution < 1.29 is 0 Å². The zero-order valence-electron chi connectivity index (χ0n) is 30.5. The fourth-order valence-electron chi connectivity index (χ4n) is 9.50. The second-order valence-electron chi connectivity index (χ2n) is 14.9. The first-order valence-electron chi connectivity index (χ1n) is 19.3. The molecule has 0 spiro atoms. The Bertz CT molecular complexity index is 3830. The average molecular weight is 743 g/mol. The van der Waals surface area contributed by atoms with Gasteiger partial charge in [0.1, 0.15) is 5.82 Å². The maximum Gasteiger partial charge on any atom is 0.162 e. The second kappa shape index (κ2) is 11.6. The van der Waals surface area contributed by atoms with Crippen LogP contribution in [-0.2, 0) is 0 Å². The summed E-state index contributed by atoms with van der Waals surface area (Å²) in [5.41, 5.74) is 7.73. The van der Waals surface area contributed by atoms with Crippen LogP contribution in [0.15, 0.2) is 182 Å². The molecule has 0 atom stereocenters. The lowest BCUT2D eigenvalue weighted by Gasteiger charge is -2.16. The molecule has 0 saturated heterocycles. The van der Waals surface area contributed by atoms with Gasteiger partial charge >= 0.3 is 0 Å². The molecule has 0 radical (unpaired) electrons. The molecule has 0 aliphatic carbocycles. The van der Waals surface area contributed by atoms with Crippen LogP contribution in [0.25, 0.3) is 119 Å². The van der Waals surface area contributed by atoms with Gasteiger partial charge in [0.25, 0.3) is 0 Å². The van der Waals surface area contributed by atoms with Gasteiger partial charge in [-0.3, -0.25) is 4.57 Å². The van der Waals surface area contributed by atoms with Crippen molar-refractivity contribution in [1.82, 2.24) is 19.1 Å². The summed E-state index contributed by atoms with van der Waals surface area (Å²) in [4.78, 5) is 10.9. The molecule has 0 saturated carbocycles. The van der Waals surface area contributed by atoms with Crippen LogP contribution in [0.5, 0.6) is 0 Å². The van der Waals surface area contributed by atoms with E-state index in [1.807, 2.05) is 11.3 Å². The summed E-state index contributed by atoms with van der Waals surface area (Å²) >= 11 is 1.82. The third kappa shape index (κ3) is 4.26. The maximum absolute atomic E-state index is 5.61. The van der Waals surface area contributed by atoms with Crippen molar-refractivity contribution in [1.29, 1.82) is 0 Å². The molecule has 5 heteroatoms. The number of benzene rings is 9. The number of nitrogens with zero attached hydrogens (tertiary/aromatic N) is 4. The van der Waals surface area contributed by atoms with Crippen molar-refractivity contribution in [3.63, 3.8) is 0 Å². The van der Waals surface area contributed by atoms with E-state index in [1.165, 1.54) is 80.0 Å². The molecule has 0 fully saturated rings. The minimum absolute atomic E-state index is 0.721. The molecular weight excluding hydrogens is 713 g/mol. The molecule has 0 aliphatic heterocycles. The van der Waals surface area contributed by atoms with E-state index in [-0.39, 0.29) is 0 Å². The second-order valence-corrected chi connectivity index (χ2v) is 16.0. The van der Waals surface area contributed by atoms with Crippen molar-refractivity contribution in [2.45, 2.75) is 0 Å². The first-order valence-corrected chi connectivity index (χ1v) is 20.2. The van der Waals surface area contributed by atoms with Gasteiger partial charge in [-0.2, -0.15) is 0 Å². The molecule has 13 aromatic rings. The third-order valence-corrected chi connectivity index (χ3v) is 13.0. The van der Waals surface area contributed by atoms with Crippen LogP contribution >= 0.6 is 11.3 Å². The van der Waals surface area contributed by atoms with Gasteiger partial charge < -0.3 is 4.57 Å². The molecule has 0 aliphatic rings. The van der Waals surface area contributed by atoms with E-state index in [2.05, 4.69) is 191 Å². The third-order valence-electron chi connectivity index (χ3n) is 11.9. The average Bonchev–Trinajstić information content (AvgIpc) is 3.93. The van der Waals surface area contributed by atoms with Crippen molar-refractivity contribution in [3.8, 4) is 22.9 Å². The maximum atomic E-state index is 5.61. The lowest BCUT2D eigenvalue weighted by atomic mass is 10.0. The number of hydrogen-bond donors (Lipinski definition) is 0. The largest absolute Gasteiger partial charge is 0.307 e. The summed E-state index contributed by atoms with van der Waals surface area (Å²) in [5.74, 6) is 1.59. The highest BCUT2D eigenvalue weighted by Gasteiger charge is 2.25. The lowest BCUT2D eigenvalue weighted by Crippen LogP contribution is -2.03. The molecule has 4 heterocycles. The minimum atomic E-state index is 0.721. The Morgan fingerprint density at radius 3 is 1.89 bits per heavy atom. The number of rotatable bonds is 3. The fourth-order valence-corrected chi connectivity index (χ4v) is 10.6. The molecule has 0 amide bonds. The zero-order valence-corrected chi connectivity index (χ0v) is 31.3. The van der Waals surface area contributed by atoms with Crippen LogP contribution in [0.3, 0.4) is 0 Å². The number of thiophene rings is 1. The molecule has 9 aromatic carbocycles. The Balaban J connectivity index is 1.22. The van der Waals surface area contributed by atoms with E-state index in [0.717, 1.165) is 39.1 Å². The predicted molar refractivity (Wildman–Crippen MR) is 242 cm³/mol. The van der Waals surface area contributed by atoms with Crippen molar-refractivity contribution in [2.24, 2.45) is 0 Å². The molecule has 0 unspecified atom stereocenters. The van der Waals surface area contributed by atoms with Gasteiger partial charge in [-0.1, -0.05) is 140 Å². The van der Waals surface area contributed by atoms with Gasteiger partial charge in [0.15, 0.2) is 5.82 Å². The highest BCUT2D eigenvalue weighted by Crippen LogP contribution is 2.46. The summed E-state index contributed by atoms with van der Waals surface area (Å²) in [6.45, 7) is 0. The number of aromatic nitrogens is 4. The van der Waals surface area contributed by atoms with E-state index in [0.29, 0.717) is 0 Å². The van der Waals surface area contributed by atoms with Crippen LogP contribution in [0.1, 0.15) is 0 Å². The molecule has 0 bridgehead atoms. The predicted octanol–water partition coefficient (Wildman–Crippen LogP) is 14.2. The molecule has 4 nitrogen and oxygen atoms in total. The number of fused-ring (bicyclic) bond motifs is 13. The van der Waals surface area contributed by atoms with Gasteiger partial charge in [0.05, 0.1) is 33.3 Å². The molecular formula is C52H30N4S. The van der Waals surface area contributed by atoms with E-state index in [1.54, 1.807) is 0 Å². The van der Waals surface area contributed by atoms with E-state index in [9.17, 15) is 0 Å². The number of para-hydroxylation sites is 3. The Kier molecular flexibility index (Phi) is 6.29. The van der Waals surface area contributed by atoms with Crippen molar-refractivity contribution in [3.05, 3.63) is 182 Å². The molecule has 0 N–H and O–H groups in total. The minimum Gasteiger partial charge on any atom is -0.307 e. The summed E-state index contributed by atoms with van der Waals surface area (Å²) in [5, 5.41) is 13.1. The fraction of sp³-hybridized carbons (Fsp3) is 0. The molecule has 4 aromatic heterocycles. The summed E-state index contributed by atoms with van der Waals surface area (Å²) in [6.07, 6.45) is 0. The van der Waals surface area contributed by atoms with Crippen LogP contribution in [-0.4, -0.2) is 19.1 Å². The lowest BCUT2D eigenvalue weighted by molar-refractivity contribution is 1.08. The van der Waals surface area contributed by atoms with Crippen LogP contribution in [0.4, 0.5) is 0 Å². The quantitative estimate of drug-likeness (QED) is 0.181. The van der Waals surface area contributed by atoms with Crippen LogP contribution in [0.2, 0.25) is 0 Å². The highest BCUT2D eigenvalue weighted by atomic mass is 32.1. The van der Waals surface area contributed by atoms with Crippen LogP contribution in [0, 0.1) is 0 Å². The van der Waals surface area contributed by atoms with Gasteiger partial charge in [0.2, 0.25) is 0 Å². The number of hydrogen-bond acceptors (Lipinski definition) is 3. The van der Waals surface area contributed by atoms with Crippen molar-refractivity contribution in [2.75, 3.05) is 0 Å². The van der Waals surface area contributed by atoms with Crippen LogP contribution < -0.4 is 0 Å². The Labute approximate surface area is 330 Å².